The van der Waals surface area contributed by atoms with Crippen molar-refractivity contribution in [1.29, 1.82) is 0 Å². The maximum absolute atomic E-state index is 5.89. The number of hydrogen-bond acceptors (Lipinski definition) is 4. The summed E-state index contributed by atoms with van der Waals surface area (Å²) in [4.78, 5) is 2.55. The fourth-order valence-corrected chi connectivity index (χ4v) is 4.36. The molecule has 0 amide bonds. The van der Waals surface area contributed by atoms with Gasteiger partial charge in [0.05, 0.1) is 6.61 Å². The molecule has 3 rings (SSSR count). The molecule has 1 aliphatic heterocycles. The van der Waals surface area contributed by atoms with Crippen molar-refractivity contribution in [2.45, 2.75) is 45.6 Å². The van der Waals surface area contributed by atoms with Crippen molar-refractivity contribution in [3.63, 3.8) is 0 Å². The lowest BCUT2D eigenvalue weighted by Crippen LogP contribution is -2.40. The van der Waals surface area contributed by atoms with E-state index < -0.39 is 0 Å². The van der Waals surface area contributed by atoms with Gasteiger partial charge in [0.1, 0.15) is 12.4 Å². The Bertz CT molecular complexity index is 465. The van der Waals surface area contributed by atoms with E-state index in [9.17, 15) is 0 Å². The van der Waals surface area contributed by atoms with E-state index in [0.29, 0.717) is 0 Å². The highest BCUT2D eigenvalue weighted by Crippen LogP contribution is 2.34. The first-order valence-electron chi connectivity index (χ1n) is 8.79. The van der Waals surface area contributed by atoms with Crippen LogP contribution in [0.15, 0.2) is 6.33 Å². The summed E-state index contributed by atoms with van der Waals surface area (Å²) in [5, 5.41) is 8.18. The van der Waals surface area contributed by atoms with Crippen molar-refractivity contribution in [1.82, 2.24) is 19.7 Å². The van der Waals surface area contributed by atoms with Crippen LogP contribution in [0, 0.1) is 17.8 Å². The van der Waals surface area contributed by atoms with Gasteiger partial charge in [-0.1, -0.05) is 13.8 Å². The number of aromatic nitrogens is 3. The van der Waals surface area contributed by atoms with Crippen LogP contribution in [0.1, 0.15) is 51.5 Å². The zero-order chi connectivity index (χ0) is 15.5. The van der Waals surface area contributed by atoms with Gasteiger partial charge in [0.25, 0.3) is 0 Å². The van der Waals surface area contributed by atoms with Gasteiger partial charge in [-0.25, -0.2) is 0 Å². The zero-order valence-electron chi connectivity index (χ0n) is 14.2. The number of ether oxygens (including phenoxy) is 1. The second kappa shape index (κ2) is 7.09. The summed E-state index contributed by atoms with van der Waals surface area (Å²) in [5.74, 6) is 3.68. The molecule has 2 aliphatic rings. The van der Waals surface area contributed by atoms with Crippen LogP contribution in [0.25, 0.3) is 0 Å². The molecule has 2 fully saturated rings. The number of rotatable bonds is 4. The highest BCUT2D eigenvalue weighted by Gasteiger charge is 2.27. The lowest BCUT2D eigenvalue weighted by Gasteiger charge is -2.35. The second-order valence-corrected chi connectivity index (χ2v) is 7.53. The van der Waals surface area contributed by atoms with Crippen LogP contribution < -0.4 is 0 Å². The molecular formula is C17H30N4O. The first kappa shape index (κ1) is 15.9. The molecule has 3 atom stereocenters. The van der Waals surface area contributed by atoms with Crippen LogP contribution in [0.2, 0.25) is 0 Å². The molecule has 0 spiro atoms. The van der Waals surface area contributed by atoms with Gasteiger partial charge in [0, 0.05) is 20.1 Å². The highest BCUT2D eigenvalue weighted by atomic mass is 16.5. The van der Waals surface area contributed by atoms with Crippen LogP contribution in [0.5, 0.6) is 0 Å². The quantitative estimate of drug-likeness (QED) is 0.858. The van der Waals surface area contributed by atoms with Gasteiger partial charge in [0.15, 0.2) is 5.82 Å². The number of hydrogen-bond donors (Lipinski definition) is 0. The van der Waals surface area contributed by atoms with Gasteiger partial charge in [-0.15, -0.1) is 10.2 Å². The molecule has 124 valence electrons. The first-order chi connectivity index (χ1) is 10.6. The predicted octanol–water partition coefficient (Wildman–Crippen LogP) is 2.65. The number of morpholine rings is 1. The van der Waals surface area contributed by atoms with Crippen molar-refractivity contribution in [3.8, 4) is 0 Å². The molecule has 1 aromatic heterocycles. The Morgan fingerprint density at radius 1 is 1.23 bits per heavy atom. The molecule has 2 heterocycles. The smallest absolute Gasteiger partial charge is 0.163 e. The first-order valence-corrected chi connectivity index (χ1v) is 8.79. The fraction of sp³-hybridized carbons (Fsp3) is 0.882. The molecule has 0 unspecified atom stereocenters. The van der Waals surface area contributed by atoms with E-state index in [1.165, 1.54) is 32.2 Å². The van der Waals surface area contributed by atoms with Crippen molar-refractivity contribution < 1.29 is 4.74 Å². The summed E-state index contributed by atoms with van der Waals surface area (Å²) in [7, 11) is 1.99. The Kier molecular flexibility index (Phi) is 5.14. The zero-order valence-corrected chi connectivity index (χ0v) is 14.2. The SMILES string of the molecule is C[C@H]1CC(CCN2CCO[C@@H](c3nncn3C)C2)C[C@H](C)C1. The summed E-state index contributed by atoms with van der Waals surface area (Å²) in [5.41, 5.74) is 0. The Balaban J connectivity index is 1.49. The highest BCUT2D eigenvalue weighted by molar-refractivity contribution is 4.94. The summed E-state index contributed by atoms with van der Waals surface area (Å²) in [6.45, 7) is 8.83. The molecule has 0 N–H and O–H groups in total. The Hall–Kier alpha value is -0.940. The van der Waals surface area contributed by atoms with Crippen LogP contribution >= 0.6 is 0 Å². The van der Waals surface area contributed by atoms with Gasteiger partial charge in [0.2, 0.25) is 0 Å². The maximum atomic E-state index is 5.89. The minimum absolute atomic E-state index is 0.0745. The molecule has 22 heavy (non-hydrogen) atoms. The normalized spacial score (nSPS) is 34.0. The minimum Gasteiger partial charge on any atom is -0.368 e. The van der Waals surface area contributed by atoms with E-state index in [1.54, 1.807) is 6.33 Å². The van der Waals surface area contributed by atoms with Crippen molar-refractivity contribution in [3.05, 3.63) is 12.2 Å². The summed E-state index contributed by atoms with van der Waals surface area (Å²) < 4.78 is 7.87. The van der Waals surface area contributed by atoms with Crippen LogP contribution in [-0.4, -0.2) is 45.9 Å². The molecule has 5 nitrogen and oxygen atoms in total. The van der Waals surface area contributed by atoms with E-state index in [1.807, 2.05) is 11.6 Å². The van der Waals surface area contributed by atoms with Crippen LogP contribution in [-0.2, 0) is 11.8 Å². The van der Waals surface area contributed by atoms with Crippen molar-refractivity contribution in [2.24, 2.45) is 24.8 Å². The van der Waals surface area contributed by atoms with E-state index in [-0.39, 0.29) is 6.10 Å². The molecule has 1 saturated heterocycles. The standard InChI is InChI=1S/C17H30N4O/c1-13-8-14(2)10-15(9-13)4-5-21-6-7-22-16(11-21)17-19-18-12-20(17)3/h12-16H,4-11H2,1-3H3/t13-,14-,16-/m1/s1. The molecule has 1 aromatic rings. The Morgan fingerprint density at radius 3 is 2.68 bits per heavy atom. The van der Waals surface area contributed by atoms with E-state index in [0.717, 1.165) is 43.3 Å². The average Bonchev–Trinajstić information content (AvgIpc) is 2.91. The van der Waals surface area contributed by atoms with Gasteiger partial charge in [-0.3, -0.25) is 4.90 Å². The fourth-order valence-electron chi connectivity index (χ4n) is 4.36. The van der Waals surface area contributed by atoms with Gasteiger partial charge in [-0.05, 0) is 50.0 Å². The number of aryl methyl sites for hydroxylation is 1. The topological polar surface area (TPSA) is 43.2 Å². The third-order valence-electron chi connectivity index (χ3n) is 5.31. The monoisotopic (exact) mass is 306 g/mol. The third-order valence-corrected chi connectivity index (χ3v) is 5.31. The van der Waals surface area contributed by atoms with Crippen LogP contribution in [0.4, 0.5) is 0 Å². The molecule has 0 bridgehead atoms. The van der Waals surface area contributed by atoms with E-state index in [4.69, 9.17) is 4.74 Å². The summed E-state index contributed by atoms with van der Waals surface area (Å²) >= 11 is 0. The number of nitrogens with zero attached hydrogens (tertiary/aromatic N) is 4. The lowest BCUT2D eigenvalue weighted by atomic mass is 9.75. The molecular weight excluding hydrogens is 276 g/mol. The van der Waals surface area contributed by atoms with E-state index in [2.05, 4.69) is 28.9 Å². The van der Waals surface area contributed by atoms with Gasteiger partial charge >= 0.3 is 0 Å². The summed E-state index contributed by atoms with van der Waals surface area (Å²) in [6.07, 6.45) is 7.42. The molecule has 5 heteroatoms. The predicted molar refractivity (Wildman–Crippen MR) is 86.4 cm³/mol. The molecule has 1 saturated carbocycles. The van der Waals surface area contributed by atoms with Crippen molar-refractivity contribution >= 4 is 0 Å². The van der Waals surface area contributed by atoms with Crippen LogP contribution in [0.3, 0.4) is 0 Å². The summed E-state index contributed by atoms with van der Waals surface area (Å²) in [6, 6.07) is 0. The molecule has 0 radical (unpaired) electrons. The second-order valence-electron chi connectivity index (χ2n) is 7.53. The average molecular weight is 306 g/mol. The largest absolute Gasteiger partial charge is 0.368 e. The Morgan fingerprint density at radius 2 is 2.00 bits per heavy atom. The molecule has 0 aromatic carbocycles. The van der Waals surface area contributed by atoms with E-state index >= 15 is 0 Å². The van der Waals surface area contributed by atoms with Gasteiger partial charge in [-0.2, -0.15) is 0 Å². The third kappa shape index (κ3) is 3.87. The molecule has 1 aliphatic carbocycles. The van der Waals surface area contributed by atoms with Gasteiger partial charge < -0.3 is 9.30 Å². The minimum atomic E-state index is 0.0745. The Labute approximate surface area is 134 Å². The van der Waals surface area contributed by atoms with Crippen molar-refractivity contribution in [2.75, 3.05) is 26.2 Å². The lowest BCUT2D eigenvalue weighted by molar-refractivity contribution is -0.0378. The maximum Gasteiger partial charge on any atom is 0.163 e.